The van der Waals surface area contributed by atoms with Gasteiger partial charge >= 0.3 is 5.97 Å². The lowest BCUT2D eigenvalue weighted by Gasteiger charge is -2.11. The zero-order valence-electron chi connectivity index (χ0n) is 15.2. The summed E-state index contributed by atoms with van der Waals surface area (Å²) in [5.74, 6) is 0.0595. The van der Waals surface area contributed by atoms with E-state index in [1.165, 1.54) is 23.3 Å². The molecule has 1 fully saturated rings. The van der Waals surface area contributed by atoms with Crippen LogP contribution in [0.25, 0.3) is 11.0 Å². The third-order valence-corrected chi connectivity index (χ3v) is 5.01. The second kappa shape index (κ2) is 6.58. The fraction of sp³-hybridized carbons (Fsp3) is 0.273. The second-order valence-electron chi connectivity index (χ2n) is 6.94. The summed E-state index contributed by atoms with van der Waals surface area (Å²) in [4.78, 5) is 24.2. The minimum atomic E-state index is -1.08. The van der Waals surface area contributed by atoms with Crippen LogP contribution in [0, 0.1) is 6.92 Å². The van der Waals surface area contributed by atoms with Crippen LogP contribution in [0.15, 0.2) is 51.7 Å². The molecule has 1 aliphatic carbocycles. The number of aryl methyl sites for hydroxylation is 1. The van der Waals surface area contributed by atoms with Gasteiger partial charge in [0.25, 0.3) is 0 Å². The first-order valence-corrected chi connectivity index (χ1v) is 9.03. The molecule has 0 bridgehead atoms. The molecule has 1 aliphatic rings. The summed E-state index contributed by atoms with van der Waals surface area (Å²) in [5, 5.41) is 9.41. The predicted octanol–water partition coefficient (Wildman–Crippen LogP) is 4.47. The molecule has 1 aromatic heterocycles. The Morgan fingerprint density at radius 2 is 2.04 bits per heavy atom. The molecule has 2 aromatic carbocycles. The molecule has 4 rings (SSSR count). The van der Waals surface area contributed by atoms with Crippen LogP contribution in [-0.4, -0.2) is 17.7 Å². The topological polar surface area (TPSA) is 76.7 Å². The van der Waals surface area contributed by atoms with Gasteiger partial charge in [0.2, 0.25) is 11.2 Å². The fourth-order valence-corrected chi connectivity index (χ4v) is 3.61. The summed E-state index contributed by atoms with van der Waals surface area (Å²) in [6, 6.07) is 12.7. The Bertz CT molecular complexity index is 1100. The monoisotopic (exact) mass is 364 g/mol. The van der Waals surface area contributed by atoms with Crippen molar-refractivity contribution < 1.29 is 19.1 Å². The van der Waals surface area contributed by atoms with Crippen molar-refractivity contribution in [3.05, 3.63) is 75.1 Å². The quantitative estimate of drug-likeness (QED) is 0.723. The van der Waals surface area contributed by atoms with Crippen LogP contribution in [0.1, 0.15) is 52.4 Å². The highest BCUT2D eigenvalue weighted by Gasteiger charge is 2.44. The Morgan fingerprint density at radius 3 is 2.74 bits per heavy atom. The Hall–Kier alpha value is -3.08. The first-order valence-electron chi connectivity index (χ1n) is 9.03. The molecular weight excluding hydrogens is 344 g/mol. The smallest absolute Gasteiger partial charge is 0.335 e. The van der Waals surface area contributed by atoms with Crippen LogP contribution in [0.3, 0.4) is 0 Å². The molecule has 1 saturated carbocycles. The number of benzene rings is 2. The molecule has 0 amide bonds. The van der Waals surface area contributed by atoms with Gasteiger partial charge in [0.1, 0.15) is 5.58 Å². The third kappa shape index (κ3) is 3.10. The summed E-state index contributed by atoms with van der Waals surface area (Å²) < 4.78 is 11.7. The highest BCUT2D eigenvalue weighted by Crippen LogP contribution is 2.56. The molecule has 138 valence electrons. The van der Waals surface area contributed by atoms with Crippen LogP contribution in [0.4, 0.5) is 0 Å². The standard InChI is InChI=1S/C22H20O5/c1-3-26-21-19(23)17-10-14(22(24)25)7-8-18(17)27-20(21)16-11-15(16)13-6-4-5-12(2)9-13/h4-10,15-16H,3,11H2,1-2H3,(H,24,25). The van der Waals surface area contributed by atoms with Crippen LogP contribution in [0.2, 0.25) is 0 Å². The van der Waals surface area contributed by atoms with Crippen molar-refractivity contribution >= 4 is 16.9 Å². The van der Waals surface area contributed by atoms with Crippen LogP contribution in [0.5, 0.6) is 5.75 Å². The van der Waals surface area contributed by atoms with Gasteiger partial charge in [-0.25, -0.2) is 4.79 Å². The maximum absolute atomic E-state index is 13.0. The van der Waals surface area contributed by atoms with Gasteiger partial charge in [-0.3, -0.25) is 4.79 Å². The number of ether oxygens (including phenoxy) is 1. The van der Waals surface area contributed by atoms with Crippen molar-refractivity contribution in [2.75, 3.05) is 6.61 Å². The van der Waals surface area contributed by atoms with E-state index in [9.17, 15) is 14.7 Å². The maximum atomic E-state index is 13.0. The lowest BCUT2D eigenvalue weighted by atomic mass is 10.0. The normalized spacial score (nSPS) is 18.4. The first kappa shape index (κ1) is 17.3. The molecule has 2 atom stereocenters. The number of aromatic carboxylic acids is 1. The third-order valence-electron chi connectivity index (χ3n) is 5.01. The summed E-state index contributed by atoms with van der Waals surface area (Å²) in [5.41, 5.74) is 2.55. The molecule has 0 spiro atoms. The Labute approximate surface area is 156 Å². The first-order chi connectivity index (χ1) is 13.0. The van der Waals surface area contributed by atoms with E-state index in [-0.39, 0.29) is 28.0 Å². The van der Waals surface area contributed by atoms with E-state index >= 15 is 0 Å². The van der Waals surface area contributed by atoms with Gasteiger partial charge in [0, 0.05) is 5.92 Å². The van der Waals surface area contributed by atoms with Crippen molar-refractivity contribution in [3.8, 4) is 5.75 Å². The molecule has 2 unspecified atom stereocenters. The average Bonchev–Trinajstić information content (AvgIpc) is 3.44. The maximum Gasteiger partial charge on any atom is 0.335 e. The summed E-state index contributed by atoms with van der Waals surface area (Å²) in [6.45, 7) is 4.21. The van der Waals surface area contributed by atoms with Gasteiger partial charge in [0.05, 0.1) is 17.6 Å². The largest absolute Gasteiger partial charge is 0.487 e. The fourth-order valence-electron chi connectivity index (χ4n) is 3.61. The molecule has 1 heterocycles. The Kier molecular flexibility index (Phi) is 4.22. The molecule has 0 radical (unpaired) electrons. The summed E-state index contributed by atoms with van der Waals surface area (Å²) in [6.07, 6.45) is 0.894. The van der Waals surface area contributed by atoms with Gasteiger partial charge in [-0.1, -0.05) is 29.8 Å². The van der Waals surface area contributed by atoms with E-state index in [2.05, 4.69) is 25.1 Å². The SMILES string of the molecule is CCOc1c(C2CC2c2cccc(C)c2)oc2ccc(C(=O)O)cc2c1=O. The van der Waals surface area contributed by atoms with Crippen LogP contribution in [-0.2, 0) is 0 Å². The zero-order valence-corrected chi connectivity index (χ0v) is 15.2. The van der Waals surface area contributed by atoms with E-state index in [1.807, 2.05) is 13.0 Å². The van der Waals surface area contributed by atoms with Crippen LogP contribution < -0.4 is 10.2 Å². The van der Waals surface area contributed by atoms with Crippen molar-refractivity contribution in [2.45, 2.75) is 32.1 Å². The number of hydrogen-bond acceptors (Lipinski definition) is 4. The summed E-state index contributed by atoms with van der Waals surface area (Å²) >= 11 is 0. The van der Waals surface area contributed by atoms with E-state index in [4.69, 9.17) is 9.15 Å². The average molecular weight is 364 g/mol. The van der Waals surface area contributed by atoms with E-state index < -0.39 is 5.97 Å². The van der Waals surface area contributed by atoms with E-state index in [0.29, 0.717) is 23.9 Å². The lowest BCUT2D eigenvalue weighted by Crippen LogP contribution is -2.12. The van der Waals surface area contributed by atoms with Crippen molar-refractivity contribution in [3.63, 3.8) is 0 Å². The van der Waals surface area contributed by atoms with Crippen molar-refractivity contribution in [1.82, 2.24) is 0 Å². The second-order valence-corrected chi connectivity index (χ2v) is 6.94. The number of rotatable bonds is 5. The molecule has 5 heteroatoms. The molecule has 3 aromatic rings. The zero-order chi connectivity index (χ0) is 19.1. The molecule has 1 N–H and O–H groups in total. The van der Waals surface area contributed by atoms with Crippen molar-refractivity contribution in [1.29, 1.82) is 0 Å². The number of carboxylic acids is 1. The molecule has 0 aliphatic heterocycles. The van der Waals surface area contributed by atoms with Gasteiger partial charge in [0.15, 0.2) is 5.76 Å². The lowest BCUT2D eigenvalue weighted by molar-refractivity contribution is 0.0697. The summed E-state index contributed by atoms with van der Waals surface area (Å²) in [7, 11) is 0. The predicted molar refractivity (Wildman–Crippen MR) is 102 cm³/mol. The van der Waals surface area contributed by atoms with Gasteiger partial charge < -0.3 is 14.3 Å². The molecular formula is C22H20O5. The van der Waals surface area contributed by atoms with Crippen LogP contribution >= 0.6 is 0 Å². The van der Waals surface area contributed by atoms with Crippen molar-refractivity contribution in [2.24, 2.45) is 0 Å². The number of hydrogen-bond donors (Lipinski definition) is 1. The minimum Gasteiger partial charge on any atom is -0.487 e. The van der Waals surface area contributed by atoms with Gasteiger partial charge in [-0.15, -0.1) is 0 Å². The highest BCUT2D eigenvalue weighted by atomic mass is 16.5. The molecule has 0 saturated heterocycles. The molecule has 5 nitrogen and oxygen atoms in total. The van der Waals surface area contributed by atoms with E-state index in [0.717, 1.165) is 6.42 Å². The van der Waals surface area contributed by atoms with E-state index in [1.54, 1.807) is 6.07 Å². The Balaban J connectivity index is 1.81. The van der Waals surface area contributed by atoms with Gasteiger partial charge in [-0.2, -0.15) is 0 Å². The van der Waals surface area contributed by atoms with Gasteiger partial charge in [-0.05, 0) is 49.9 Å². The number of carboxylic acid groups (broad SMARTS) is 1. The molecule has 27 heavy (non-hydrogen) atoms. The minimum absolute atomic E-state index is 0.0501. The number of carbonyl (C=O) groups is 1. The Morgan fingerprint density at radius 1 is 1.22 bits per heavy atom. The number of fused-ring (bicyclic) bond motifs is 1. The highest BCUT2D eigenvalue weighted by molar-refractivity contribution is 5.93.